The Labute approximate surface area is 76.2 Å². The molecule has 1 amide bonds. The monoisotopic (exact) mass is 174 g/mol. The van der Waals surface area contributed by atoms with Crippen molar-refractivity contribution in [3.63, 3.8) is 0 Å². The molecule has 1 aromatic rings. The van der Waals surface area contributed by atoms with Crippen molar-refractivity contribution in [1.29, 1.82) is 0 Å². The molecule has 0 atom stereocenters. The second-order valence-electron chi connectivity index (χ2n) is 2.98. The molecule has 0 aromatic heterocycles. The van der Waals surface area contributed by atoms with Crippen molar-refractivity contribution in [2.45, 2.75) is 6.42 Å². The smallest absolute Gasteiger partial charge is 0.253 e. The minimum Gasteiger partial charge on any atom is -0.404 e. The summed E-state index contributed by atoms with van der Waals surface area (Å²) in [4.78, 5) is 11.3. The van der Waals surface area contributed by atoms with Crippen molar-refractivity contribution >= 4 is 11.6 Å². The summed E-state index contributed by atoms with van der Waals surface area (Å²) in [7, 11) is 0. The molecule has 0 saturated heterocycles. The second kappa shape index (κ2) is 2.94. The van der Waals surface area contributed by atoms with Crippen LogP contribution in [0.25, 0.3) is 0 Å². The van der Waals surface area contributed by atoms with E-state index in [1.54, 1.807) is 0 Å². The first kappa shape index (κ1) is 7.86. The van der Waals surface area contributed by atoms with Gasteiger partial charge in [0.15, 0.2) is 0 Å². The molecule has 0 radical (unpaired) electrons. The normalized spacial score (nSPS) is 18.2. The Morgan fingerprint density at radius 2 is 2.15 bits per heavy atom. The van der Waals surface area contributed by atoms with Gasteiger partial charge in [0, 0.05) is 23.9 Å². The van der Waals surface area contributed by atoms with Gasteiger partial charge >= 0.3 is 0 Å². The average Bonchev–Trinajstić information content (AvgIpc) is 2.17. The van der Waals surface area contributed by atoms with Gasteiger partial charge in [-0.15, -0.1) is 0 Å². The Morgan fingerprint density at radius 3 is 2.92 bits per heavy atom. The highest BCUT2D eigenvalue weighted by atomic mass is 16.1. The summed E-state index contributed by atoms with van der Waals surface area (Å²) in [6.07, 6.45) is 1.99. The van der Waals surface area contributed by atoms with Gasteiger partial charge in [-0.2, -0.15) is 0 Å². The SMILES string of the molecule is N/C=C1\Cc2ccccc2NC1=O. The quantitative estimate of drug-likeness (QED) is 0.577. The highest BCUT2D eigenvalue weighted by molar-refractivity contribution is 6.06. The Kier molecular flexibility index (Phi) is 1.77. The van der Waals surface area contributed by atoms with Crippen molar-refractivity contribution in [3.05, 3.63) is 41.6 Å². The van der Waals surface area contributed by atoms with Crippen LogP contribution < -0.4 is 11.1 Å². The summed E-state index contributed by atoms with van der Waals surface area (Å²) in [5, 5.41) is 2.77. The van der Waals surface area contributed by atoms with E-state index in [4.69, 9.17) is 5.73 Å². The Hall–Kier alpha value is -1.77. The number of carbonyl (C=O) groups is 1. The van der Waals surface area contributed by atoms with Crippen LogP contribution in [0.3, 0.4) is 0 Å². The maximum absolute atomic E-state index is 11.3. The number of hydrogen-bond acceptors (Lipinski definition) is 2. The fourth-order valence-corrected chi connectivity index (χ4v) is 1.42. The lowest BCUT2D eigenvalue weighted by atomic mass is 9.99. The van der Waals surface area contributed by atoms with Crippen LogP contribution in [0.5, 0.6) is 0 Å². The number of carbonyl (C=O) groups excluding carboxylic acids is 1. The molecule has 1 aromatic carbocycles. The van der Waals surface area contributed by atoms with E-state index in [-0.39, 0.29) is 5.91 Å². The standard InChI is InChI=1S/C10H10N2O/c11-6-8-5-7-3-1-2-4-9(7)12-10(8)13/h1-4,6H,5,11H2,(H,12,13)/b8-6+. The first-order chi connectivity index (χ1) is 6.31. The number of amides is 1. The summed E-state index contributed by atoms with van der Waals surface area (Å²) >= 11 is 0. The van der Waals surface area contributed by atoms with Crippen LogP contribution in [-0.4, -0.2) is 5.91 Å². The zero-order valence-electron chi connectivity index (χ0n) is 7.08. The van der Waals surface area contributed by atoms with E-state index in [1.807, 2.05) is 24.3 Å². The van der Waals surface area contributed by atoms with Gasteiger partial charge in [0.2, 0.25) is 0 Å². The lowest BCUT2D eigenvalue weighted by Crippen LogP contribution is -2.22. The van der Waals surface area contributed by atoms with Gasteiger partial charge in [-0.25, -0.2) is 0 Å². The number of fused-ring (bicyclic) bond motifs is 1. The Bertz CT molecular complexity index is 382. The molecule has 3 nitrogen and oxygen atoms in total. The average molecular weight is 174 g/mol. The Morgan fingerprint density at radius 1 is 1.38 bits per heavy atom. The Balaban J connectivity index is 2.44. The largest absolute Gasteiger partial charge is 0.404 e. The van der Waals surface area contributed by atoms with Crippen LogP contribution in [0.2, 0.25) is 0 Å². The van der Waals surface area contributed by atoms with E-state index in [0.717, 1.165) is 11.3 Å². The highest BCUT2D eigenvalue weighted by Crippen LogP contribution is 2.23. The topological polar surface area (TPSA) is 55.1 Å². The van der Waals surface area contributed by atoms with Crippen LogP contribution in [0.1, 0.15) is 5.56 Å². The van der Waals surface area contributed by atoms with Gasteiger partial charge in [-0.1, -0.05) is 18.2 Å². The molecule has 3 N–H and O–H groups in total. The van der Waals surface area contributed by atoms with Crippen LogP contribution >= 0.6 is 0 Å². The van der Waals surface area contributed by atoms with Crippen molar-refractivity contribution in [2.75, 3.05) is 5.32 Å². The minimum atomic E-state index is -0.0961. The van der Waals surface area contributed by atoms with Gasteiger partial charge in [-0.3, -0.25) is 4.79 Å². The second-order valence-corrected chi connectivity index (χ2v) is 2.98. The predicted octanol–water partition coefficient (Wildman–Crippen LogP) is 1.02. The predicted molar refractivity (Wildman–Crippen MR) is 51.0 cm³/mol. The third-order valence-corrected chi connectivity index (χ3v) is 2.14. The number of nitrogens with two attached hydrogens (primary N) is 1. The van der Waals surface area contributed by atoms with Crippen LogP contribution in [0.15, 0.2) is 36.0 Å². The molecule has 1 heterocycles. The zero-order chi connectivity index (χ0) is 9.26. The molecule has 66 valence electrons. The van der Waals surface area contributed by atoms with Crippen molar-refractivity contribution in [1.82, 2.24) is 0 Å². The molecule has 2 rings (SSSR count). The fraction of sp³-hybridized carbons (Fsp3) is 0.100. The van der Waals surface area contributed by atoms with E-state index in [9.17, 15) is 4.79 Å². The van der Waals surface area contributed by atoms with Gasteiger partial charge in [-0.05, 0) is 11.6 Å². The molecule has 0 bridgehead atoms. The van der Waals surface area contributed by atoms with Gasteiger partial charge < -0.3 is 11.1 Å². The number of nitrogens with one attached hydrogen (secondary N) is 1. The summed E-state index contributed by atoms with van der Waals surface area (Å²) in [6.45, 7) is 0. The number of hydrogen-bond donors (Lipinski definition) is 2. The molecule has 3 heteroatoms. The molecule has 1 aliphatic rings. The molecule has 0 fully saturated rings. The lowest BCUT2D eigenvalue weighted by molar-refractivity contribution is -0.113. The van der Waals surface area contributed by atoms with E-state index < -0.39 is 0 Å². The van der Waals surface area contributed by atoms with Gasteiger partial charge in [0.25, 0.3) is 5.91 Å². The molecule has 0 saturated carbocycles. The van der Waals surface area contributed by atoms with E-state index >= 15 is 0 Å². The third kappa shape index (κ3) is 1.28. The molecule has 0 spiro atoms. The third-order valence-electron chi connectivity index (χ3n) is 2.14. The summed E-state index contributed by atoms with van der Waals surface area (Å²) < 4.78 is 0. The first-order valence-electron chi connectivity index (χ1n) is 4.11. The number of para-hydroxylation sites is 1. The summed E-state index contributed by atoms with van der Waals surface area (Å²) in [5.41, 5.74) is 7.95. The maximum atomic E-state index is 11.3. The molecule has 0 unspecified atom stereocenters. The van der Waals surface area contributed by atoms with E-state index in [2.05, 4.69) is 5.32 Å². The lowest BCUT2D eigenvalue weighted by Gasteiger charge is -2.18. The molecule has 13 heavy (non-hydrogen) atoms. The van der Waals surface area contributed by atoms with Crippen molar-refractivity contribution < 1.29 is 4.79 Å². The summed E-state index contributed by atoms with van der Waals surface area (Å²) in [6, 6.07) is 7.72. The van der Waals surface area contributed by atoms with Crippen molar-refractivity contribution in [3.8, 4) is 0 Å². The van der Waals surface area contributed by atoms with Crippen LogP contribution in [-0.2, 0) is 11.2 Å². The molecular weight excluding hydrogens is 164 g/mol. The van der Waals surface area contributed by atoms with Gasteiger partial charge in [0.1, 0.15) is 0 Å². The van der Waals surface area contributed by atoms with Crippen LogP contribution in [0, 0.1) is 0 Å². The molecule has 1 aliphatic heterocycles. The minimum absolute atomic E-state index is 0.0961. The first-order valence-corrected chi connectivity index (χ1v) is 4.11. The maximum Gasteiger partial charge on any atom is 0.253 e. The molecular formula is C10H10N2O. The van der Waals surface area contributed by atoms with Crippen LogP contribution in [0.4, 0.5) is 5.69 Å². The fourth-order valence-electron chi connectivity index (χ4n) is 1.42. The van der Waals surface area contributed by atoms with Gasteiger partial charge in [0.05, 0.1) is 0 Å². The number of benzene rings is 1. The number of anilines is 1. The van der Waals surface area contributed by atoms with E-state index in [0.29, 0.717) is 12.0 Å². The summed E-state index contributed by atoms with van der Waals surface area (Å²) in [5.74, 6) is -0.0961. The van der Waals surface area contributed by atoms with Crippen molar-refractivity contribution in [2.24, 2.45) is 5.73 Å². The number of rotatable bonds is 0. The zero-order valence-corrected chi connectivity index (χ0v) is 7.08. The van der Waals surface area contributed by atoms with E-state index in [1.165, 1.54) is 6.20 Å². The molecule has 0 aliphatic carbocycles. The highest BCUT2D eigenvalue weighted by Gasteiger charge is 2.18.